The summed E-state index contributed by atoms with van der Waals surface area (Å²) in [5.74, 6) is -0.121. The van der Waals surface area contributed by atoms with E-state index < -0.39 is 12.0 Å². The first-order valence-electron chi connectivity index (χ1n) is 11.0. The van der Waals surface area contributed by atoms with Crippen LogP contribution < -0.4 is 19.6 Å². The minimum Gasteiger partial charge on any atom is -0.506 e. The number of rotatable bonds is 7. The number of phenols is 1. The molecule has 2 heterocycles. The zero-order valence-electron chi connectivity index (χ0n) is 19.5. The van der Waals surface area contributed by atoms with E-state index in [4.69, 9.17) is 32.7 Å². The zero-order chi connectivity index (χ0) is 26.0. The largest absolute Gasteiger partial charge is 0.506 e. The zero-order valence-corrected chi connectivity index (χ0v) is 21.8. The monoisotopic (exact) mass is 544 g/mol. The van der Waals surface area contributed by atoms with Crippen LogP contribution in [0.2, 0.25) is 10.0 Å². The first-order chi connectivity index (χ1) is 17.2. The van der Waals surface area contributed by atoms with Gasteiger partial charge in [-0.1, -0.05) is 59.3 Å². The van der Waals surface area contributed by atoms with Gasteiger partial charge in [0, 0.05) is 10.6 Å². The van der Waals surface area contributed by atoms with Crippen LogP contribution in [0, 0.1) is 0 Å². The SMILES string of the molecule is C=CCOc1ccc([C@@H]2C(C(=O)OCC)=C(C)N=c3s/c(=C\c4cc(Cl)cc(Cl)c4O)c(=O)n32)cc1. The number of benzene rings is 2. The molecule has 0 fully saturated rings. The van der Waals surface area contributed by atoms with E-state index in [0.29, 0.717) is 39.0 Å². The lowest BCUT2D eigenvalue weighted by atomic mass is 9.96. The third-order valence-corrected chi connectivity index (χ3v) is 6.91. The van der Waals surface area contributed by atoms with E-state index >= 15 is 0 Å². The standard InChI is InChI=1S/C26H22Cl2N2O5S/c1-4-10-35-18-8-6-15(7-9-18)22-21(25(33)34-5-2)14(3)29-26-30(22)24(32)20(36-26)12-16-11-17(27)13-19(28)23(16)31/h4,6-9,11-13,22,31H,1,5,10H2,2-3H3/b20-12-/t22-/m1/s1. The molecule has 0 unspecified atom stereocenters. The molecule has 0 aliphatic carbocycles. The highest BCUT2D eigenvalue weighted by molar-refractivity contribution is 7.07. The third kappa shape index (κ3) is 4.97. The average molecular weight is 545 g/mol. The van der Waals surface area contributed by atoms with Crippen molar-refractivity contribution >= 4 is 46.6 Å². The van der Waals surface area contributed by atoms with Crippen LogP contribution in [0.15, 0.2) is 70.1 Å². The molecule has 0 spiro atoms. The number of esters is 1. The van der Waals surface area contributed by atoms with Crippen molar-refractivity contribution in [1.82, 2.24) is 4.57 Å². The summed E-state index contributed by atoms with van der Waals surface area (Å²) in [7, 11) is 0. The molecule has 0 bridgehead atoms. The first-order valence-corrected chi connectivity index (χ1v) is 12.5. The molecule has 4 rings (SSSR count). The van der Waals surface area contributed by atoms with Crippen molar-refractivity contribution in [3.63, 3.8) is 0 Å². The van der Waals surface area contributed by atoms with Gasteiger partial charge in [0.2, 0.25) is 0 Å². The molecule has 3 aromatic rings. The highest BCUT2D eigenvalue weighted by Gasteiger charge is 2.33. The number of carbonyl (C=O) groups is 1. The predicted molar refractivity (Wildman–Crippen MR) is 141 cm³/mol. The molecule has 1 aromatic heterocycles. The van der Waals surface area contributed by atoms with E-state index in [1.165, 1.54) is 22.8 Å². The van der Waals surface area contributed by atoms with Gasteiger partial charge in [0.1, 0.15) is 18.1 Å². The van der Waals surface area contributed by atoms with Crippen LogP contribution in [-0.4, -0.2) is 28.9 Å². The van der Waals surface area contributed by atoms with Gasteiger partial charge >= 0.3 is 5.97 Å². The average Bonchev–Trinajstić information content (AvgIpc) is 3.14. The van der Waals surface area contributed by atoms with Crippen LogP contribution in [0.25, 0.3) is 6.08 Å². The molecular weight excluding hydrogens is 523 g/mol. The molecule has 1 aliphatic rings. The van der Waals surface area contributed by atoms with Crippen LogP contribution >= 0.6 is 34.5 Å². The number of halogens is 2. The topological polar surface area (TPSA) is 90.1 Å². The molecule has 1 N–H and O–H groups in total. The molecule has 36 heavy (non-hydrogen) atoms. The van der Waals surface area contributed by atoms with Crippen LogP contribution in [-0.2, 0) is 9.53 Å². The minimum atomic E-state index is -0.771. The summed E-state index contributed by atoms with van der Waals surface area (Å²) in [6.45, 7) is 7.59. The van der Waals surface area contributed by atoms with Gasteiger partial charge < -0.3 is 14.6 Å². The Hall–Kier alpha value is -3.33. The first kappa shape index (κ1) is 25.8. The highest BCUT2D eigenvalue weighted by atomic mass is 35.5. The molecule has 10 heteroatoms. The van der Waals surface area contributed by atoms with E-state index in [1.54, 1.807) is 44.2 Å². The summed E-state index contributed by atoms with van der Waals surface area (Å²) in [6, 6.07) is 9.26. The second-order valence-corrected chi connectivity index (χ2v) is 9.65. The second kappa shape index (κ2) is 10.7. The summed E-state index contributed by atoms with van der Waals surface area (Å²) in [5.41, 5.74) is 1.30. The van der Waals surface area contributed by atoms with Crippen molar-refractivity contribution in [1.29, 1.82) is 0 Å². The van der Waals surface area contributed by atoms with Gasteiger partial charge in [0.15, 0.2) is 4.80 Å². The number of aromatic hydroxyl groups is 1. The highest BCUT2D eigenvalue weighted by Crippen LogP contribution is 2.33. The van der Waals surface area contributed by atoms with Crippen molar-refractivity contribution in [3.8, 4) is 11.5 Å². The molecule has 1 atom stereocenters. The van der Waals surface area contributed by atoms with Crippen molar-refractivity contribution in [2.45, 2.75) is 19.9 Å². The lowest BCUT2D eigenvalue weighted by molar-refractivity contribution is -0.139. The van der Waals surface area contributed by atoms with Crippen LogP contribution in [0.1, 0.15) is 31.0 Å². The molecule has 0 radical (unpaired) electrons. The molecule has 2 aromatic carbocycles. The molecule has 0 saturated carbocycles. The summed E-state index contributed by atoms with van der Waals surface area (Å²) >= 11 is 13.3. The normalized spacial score (nSPS) is 15.3. The predicted octanol–water partition coefficient (Wildman–Crippen LogP) is 4.38. The molecule has 7 nitrogen and oxygen atoms in total. The van der Waals surface area contributed by atoms with E-state index in [2.05, 4.69) is 11.6 Å². The van der Waals surface area contributed by atoms with Gasteiger partial charge in [0.05, 0.1) is 33.5 Å². The summed E-state index contributed by atoms with van der Waals surface area (Å²) in [4.78, 5) is 31.6. The fourth-order valence-corrected chi connectivity index (χ4v) is 5.39. The van der Waals surface area contributed by atoms with Crippen molar-refractivity contribution in [3.05, 3.63) is 101 Å². The van der Waals surface area contributed by atoms with Crippen LogP contribution in [0.4, 0.5) is 0 Å². The Labute approximate surface area is 220 Å². The van der Waals surface area contributed by atoms with E-state index in [9.17, 15) is 14.7 Å². The van der Waals surface area contributed by atoms with Gasteiger partial charge in [-0.05, 0) is 49.8 Å². The lowest BCUT2D eigenvalue weighted by Crippen LogP contribution is -2.39. The molecule has 0 amide bonds. The summed E-state index contributed by atoms with van der Waals surface area (Å²) in [6.07, 6.45) is 3.14. The molecule has 1 aliphatic heterocycles. The fraction of sp³-hybridized carbons (Fsp3) is 0.192. The minimum absolute atomic E-state index is 0.0682. The number of phenolic OH excluding ortho intramolecular Hbond substituents is 1. The number of nitrogens with zero attached hydrogens (tertiary/aromatic N) is 2. The fourth-order valence-electron chi connectivity index (χ4n) is 3.85. The van der Waals surface area contributed by atoms with Gasteiger partial charge in [-0.3, -0.25) is 9.36 Å². The Bertz CT molecular complexity index is 1550. The van der Waals surface area contributed by atoms with Crippen molar-refractivity contribution < 1.29 is 19.4 Å². The maximum Gasteiger partial charge on any atom is 0.338 e. The van der Waals surface area contributed by atoms with Gasteiger partial charge in [-0.15, -0.1) is 0 Å². The van der Waals surface area contributed by atoms with Crippen molar-refractivity contribution in [2.24, 2.45) is 4.99 Å². The Kier molecular flexibility index (Phi) is 7.68. The number of thiazole rings is 1. The Balaban J connectivity index is 1.92. The lowest BCUT2D eigenvalue weighted by Gasteiger charge is -2.24. The Morgan fingerprint density at radius 2 is 2.00 bits per heavy atom. The van der Waals surface area contributed by atoms with E-state index in [-0.39, 0.29) is 33.0 Å². The number of ether oxygens (including phenoxy) is 2. The smallest absolute Gasteiger partial charge is 0.338 e. The maximum absolute atomic E-state index is 13.6. The number of carbonyl (C=O) groups excluding carboxylic acids is 1. The number of allylic oxidation sites excluding steroid dienone is 1. The maximum atomic E-state index is 13.6. The third-order valence-electron chi connectivity index (χ3n) is 5.42. The van der Waals surface area contributed by atoms with Gasteiger partial charge in [-0.25, -0.2) is 9.79 Å². The van der Waals surface area contributed by atoms with E-state index in [1.807, 2.05) is 0 Å². The number of fused-ring (bicyclic) bond motifs is 1. The summed E-state index contributed by atoms with van der Waals surface area (Å²) < 4.78 is 12.6. The number of hydrogen-bond acceptors (Lipinski definition) is 7. The Morgan fingerprint density at radius 3 is 2.67 bits per heavy atom. The van der Waals surface area contributed by atoms with Gasteiger partial charge in [-0.2, -0.15) is 0 Å². The van der Waals surface area contributed by atoms with Gasteiger partial charge in [0.25, 0.3) is 5.56 Å². The molecule has 186 valence electrons. The number of aromatic nitrogens is 1. The van der Waals surface area contributed by atoms with Crippen LogP contribution in [0.3, 0.4) is 0 Å². The second-order valence-electron chi connectivity index (χ2n) is 7.80. The molecule has 0 saturated heterocycles. The van der Waals surface area contributed by atoms with Crippen LogP contribution in [0.5, 0.6) is 11.5 Å². The number of hydrogen-bond donors (Lipinski definition) is 1. The van der Waals surface area contributed by atoms with Crippen molar-refractivity contribution in [2.75, 3.05) is 13.2 Å². The Morgan fingerprint density at radius 1 is 1.28 bits per heavy atom. The van der Waals surface area contributed by atoms with E-state index in [0.717, 1.165) is 11.3 Å². The summed E-state index contributed by atoms with van der Waals surface area (Å²) in [5, 5.41) is 10.8. The molecular formula is C26H22Cl2N2O5S. The quantitative estimate of drug-likeness (QED) is 0.352.